The van der Waals surface area contributed by atoms with Crippen LogP contribution in [0.3, 0.4) is 0 Å². The largest absolute Gasteiger partial charge is 0.309 e. The van der Waals surface area contributed by atoms with Crippen LogP contribution in [-0.2, 0) is 0 Å². The summed E-state index contributed by atoms with van der Waals surface area (Å²) in [7, 11) is 0. The smallest absolute Gasteiger partial charge is 0.0652 e. The molecule has 0 N–H and O–H groups in total. The number of aromatic nitrogens is 2. The van der Waals surface area contributed by atoms with E-state index in [4.69, 9.17) is 16.4 Å². The molecule has 0 bridgehead atoms. The van der Waals surface area contributed by atoms with Crippen molar-refractivity contribution >= 4 is 43.6 Å². The molecule has 0 aliphatic heterocycles. The van der Waals surface area contributed by atoms with E-state index in [0.29, 0.717) is 11.0 Å². The molecule has 2 aromatic heterocycles. The highest BCUT2D eigenvalue weighted by molar-refractivity contribution is 6.12. The SMILES string of the molecule is [2H]c1c([2H])c([2H])c(-c2c([2H])c([2H])c([2H])c(-n3c4c([2H])c([2H])c([2H])c([2H])c4c4c([2H])c(-n5c6ccccc6c6ccccc65)c([2H])c([2H])c43)c2[2H])c([2H])c1[2H]. The first kappa shape index (κ1) is 10.7. The van der Waals surface area contributed by atoms with Gasteiger partial charge in [-0.25, -0.2) is 0 Å². The predicted octanol–water partition coefficient (Wildman–Crippen LogP) is 9.55. The van der Waals surface area contributed by atoms with Crippen LogP contribution < -0.4 is 0 Å². The van der Waals surface area contributed by atoms with Gasteiger partial charge in [0.15, 0.2) is 0 Å². The fourth-order valence-corrected chi connectivity index (χ4v) is 4.95. The van der Waals surface area contributed by atoms with Gasteiger partial charge >= 0.3 is 0 Å². The topological polar surface area (TPSA) is 9.86 Å². The molecule has 0 aliphatic carbocycles. The lowest BCUT2D eigenvalue weighted by Crippen LogP contribution is -1.96. The molecular formula is C36H24N2. The summed E-state index contributed by atoms with van der Waals surface area (Å²) in [4.78, 5) is 0. The van der Waals surface area contributed by atoms with Gasteiger partial charge < -0.3 is 9.13 Å². The van der Waals surface area contributed by atoms with E-state index in [-0.39, 0.29) is 27.5 Å². The number of nitrogens with zero attached hydrogens (tertiary/aromatic N) is 2. The number of hydrogen-bond donors (Lipinski definition) is 0. The van der Waals surface area contributed by atoms with E-state index in [1.54, 1.807) is 28.8 Å². The molecule has 0 saturated carbocycles. The Morgan fingerprint density at radius 2 is 1.00 bits per heavy atom. The summed E-state index contributed by atoms with van der Waals surface area (Å²) in [6, 6.07) is 3.24. The van der Waals surface area contributed by atoms with Gasteiger partial charge in [-0.3, -0.25) is 0 Å². The quantitative estimate of drug-likeness (QED) is 0.229. The Morgan fingerprint density at radius 3 is 1.79 bits per heavy atom. The number of rotatable bonds is 3. The molecule has 2 heteroatoms. The minimum absolute atomic E-state index is 0.0731. The monoisotopic (exact) mass is 500 g/mol. The minimum Gasteiger partial charge on any atom is -0.309 e. The lowest BCUT2D eigenvalue weighted by molar-refractivity contribution is 1.17. The second-order valence-corrected chi connectivity index (χ2v) is 8.60. The molecule has 0 atom stereocenters. The van der Waals surface area contributed by atoms with Crippen LogP contribution in [0.2, 0.25) is 0 Å². The Balaban J connectivity index is 1.63. The van der Waals surface area contributed by atoms with Crippen LogP contribution in [0.25, 0.3) is 66.1 Å². The maximum Gasteiger partial charge on any atom is 0.0652 e. The lowest BCUT2D eigenvalue weighted by Gasteiger charge is -2.11. The molecule has 0 saturated heterocycles. The molecule has 178 valence electrons. The van der Waals surface area contributed by atoms with Gasteiger partial charge in [0.2, 0.25) is 0 Å². The van der Waals surface area contributed by atoms with Gasteiger partial charge in [0.25, 0.3) is 0 Å². The molecule has 0 radical (unpaired) electrons. The van der Waals surface area contributed by atoms with Crippen molar-refractivity contribution in [3.8, 4) is 22.5 Å². The first-order chi connectivity index (χ1) is 25.5. The molecule has 0 aliphatic rings. The molecule has 6 aromatic carbocycles. The van der Waals surface area contributed by atoms with Crippen LogP contribution >= 0.6 is 0 Å². The number of fused-ring (bicyclic) bond motifs is 6. The van der Waals surface area contributed by atoms with Gasteiger partial charge in [-0.15, -0.1) is 0 Å². The van der Waals surface area contributed by atoms with Crippen LogP contribution in [-0.4, -0.2) is 9.13 Å². The van der Waals surface area contributed by atoms with Crippen LogP contribution in [0.5, 0.6) is 0 Å². The average molecular weight is 501 g/mol. The van der Waals surface area contributed by atoms with Crippen LogP contribution in [0.15, 0.2) is 145 Å². The third-order valence-corrected chi connectivity index (χ3v) is 6.53. The molecule has 8 aromatic rings. The summed E-state index contributed by atoms with van der Waals surface area (Å²) in [5.74, 6) is 0. The standard InChI is InChI=1S/C36H24N2/c1-2-11-25(12-3-1)26-13-10-14-27(23-26)37-35-20-9-6-17-31(35)32-24-28(21-22-36(32)37)38-33-18-7-4-15-29(33)30-16-5-8-19-34(30)38/h1-24H/i1D,2D,3D,6D,9D,10D,11D,12D,13D,14D,17D,20D,21D,22D,23D,24D. The van der Waals surface area contributed by atoms with Gasteiger partial charge in [-0.2, -0.15) is 0 Å². The van der Waals surface area contributed by atoms with Crippen molar-refractivity contribution < 1.29 is 21.9 Å². The second-order valence-electron chi connectivity index (χ2n) is 8.60. The van der Waals surface area contributed by atoms with Crippen LogP contribution in [0.1, 0.15) is 21.9 Å². The van der Waals surface area contributed by atoms with Crippen molar-refractivity contribution in [1.82, 2.24) is 9.13 Å². The van der Waals surface area contributed by atoms with Crippen molar-refractivity contribution in [3.05, 3.63) is 145 Å². The second kappa shape index (κ2) is 8.22. The number of hydrogen-bond acceptors (Lipinski definition) is 0. The van der Waals surface area contributed by atoms with E-state index in [1.807, 2.05) is 24.3 Å². The molecule has 0 amide bonds. The molecule has 0 unspecified atom stereocenters. The summed E-state index contributed by atoms with van der Waals surface area (Å²) in [5.41, 5.74) is -1.46. The molecule has 0 spiro atoms. The van der Waals surface area contributed by atoms with Crippen molar-refractivity contribution in [2.45, 2.75) is 0 Å². The Morgan fingerprint density at radius 1 is 0.395 bits per heavy atom. The van der Waals surface area contributed by atoms with E-state index in [9.17, 15) is 5.48 Å². The first-order valence-electron chi connectivity index (χ1n) is 19.7. The summed E-state index contributed by atoms with van der Waals surface area (Å²) in [5, 5.41) is 1.11. The minimum atomic E-state index is -0.843. The number of para-hydroxylation sites is 3. The van der Waals surface area contributed by atoms with Crippen molar-refractivity contribution in [3.63, 3.8) is 0 Å². The first-order valence-corrected chi connectivity index (χ1v) is 11.7. The Hall–Kier alpha value is -5.08. The van der Waals surface area contributed by atoms with Crippen LogP contribution in [0.4, 0.5) is 0 Å². The zero-order valence-corrected chi connectivity index (χ0v) is 19.5. The molecule has 38 heavy (non-hydrogen) atoms. The molecule has 8 rings (SSSR count). The summed E-state index contributed by atoms with van der Waals surface area (Å²) in [6.07, 6.45) is 0. The van der Waals surface area contributed by atoms with E-state index in [2.05, 4.69) is 0 Å². The zero-order valence-electron chi connectivity index (χ0n) is 35.5. The van der Waals surface area contributed by atoms with E-state index >= 15 is 0 Å². The van der Waals surface area contributed by atoms with Gasteiger partial charge in [-0.1, -0.05) is 96.8 Å². The van der Waals surface area contributed by atoms with Gasteiger partial charge in [0.05, 0.1) is 44.0 Å². The average Bonchev–Trinajstić information content (AvgIpc) is 3.69. The Bertz CT molecular complexity index is 2930. The van der Waals surface area contributed by atoms with E-state index in [1.165, 1.54) is 0 Å². The van der Waals surface area contributed by atoms with E-state index in [0.717, 1.165) is 15.3 Å². The molecule has 2 heterocycles. The van der Waals surface area contributed by atoms with Crippen molar-refractivity contribution in [1.29, 1.82) is 0 Å². The van der Waals surface area contributed by atoms with Crippen molar-refractivity contribution in [2.24, 2.45) is 0 Å². The highest BCUT2D eigenvalue weighted by Gasteiger charge is 2.16. The fourth-order valence-electron chi connectivity index (χ4n) is 4.95. The Kier molecular flexibility index (Phi) is 2.32. The third-order valence-electron chi connectivity index (χ3n) is 6.53. The van der Waals surface area contributed by atoms with Crippen molar-refractivity contribution in [2.75, 3.05) is 0 Å². The normalized spacial score (nSPS) is 17.6. The van der Waals surface area contributed by atoms with Gasteiger partial charge in [-0.05, 0) is 59.5 Å². The maximum absolute atomic E-state index is 9.68. The molecule has 0 fully saturated rings. The summed E-state index contributed by atoms with van der Waals surface area (Å²) in [6.45, 7) is 0. The fraction of sp³-hybridized carbons (Fsp3) is 0. The number of benzene rings is 6. The summed E-state index contributed by atoms with van der Waals surface area (Å²) < 4.78 is 144. The summed E-state index contributed by atoms with van der Waals surface area (Å²) >= 11 is 0. The Labute approximate surface area is 243 Å². The van der Waals surface area contributed by atoms with Crippen LogP contribution in [0, 0.1) is 0 Å². The molecular weight excluding hydrogens is 460 g/mol. The maximum atomic E-state index is 9.68. The highest BCUT2D eigenvalue weighted by atomic mass is 15.0. The third kappa shape index (κ3) is 3.07. The van der Waals surface area contributed by atoms with Gasteiger partial charge in [0, 0.05) is 32.9 Å². The molecule has 2 nitrogen and oxygen atoms in total. The lowest BCUT2D eigenvalue weighted by atomic mass is 10.1. The van der Waals surface area contributed by atoms with Gasteiger partial charge in [0.1, 0.15) is 0 Å². The predicted molar refractivity (Wildman–Crippen MR) is 161 cm³/mol. The zero-order chi connectivity index (χ0) is 39.0. The highest BCUT2D eigenvalue weighted by Crippen LogP contribution is 2.37. The van der Waals surface area contributed by atoms with E-state index < -0.39 is 113 Å².